The van der Waals surface area contributed by atoms with Crippen LogP contribution in [0.3, 0.4) is 0 Å². The number of non-ortho nitro benzene ring substituents is 1. The Hall–Kier alpha value is -1.31. The standard InChI is InChI=1S/C16H23N3O3S.ClH/c1-11(17)15-5-3-4-10-18(15)16(20)12(2)23-14-8-6-13(7-9-14)19(21)22;/h6-9,11-12,15H,3-5,10,17H2,1-2H3;1H. The lowest BCUT2D eigenvalue weighted by atomic mass is 9.96. The maximum atomic E-state index is 12.7. The molecule has 3 unspecified atom stereocenters. The molecule has 0 aromatic heterocycles. The van der Waals surface area contributed by atoms with Gasteiger partial charge in [0.2, 0.25) is 5.91 Å². The summed E-state index contributed by atoms with van der Waals surface area (Å²) < 4.78 is 0. The number of carbonyl (C=O) groups is 1. The van der Waals surface area contributed by atoms with Crippen molar-refractivity contribution in [3.8, 4) is 0 Å². The highest BCUT2D eigenvalue weighted by Gasteiger charge is 2.31. The minimum atomic E-state index is -0.427. The van der Waals surface area contributed by atoms with E-state index in [1.54, 1.807) is 12.1 Å². The third-order valence-electron chi connectivity index (χ3n) is 4.15. The molecule has 1 saturated heterocycles. The van der Waals surface area contributed by atoms with Gasteiger partial charge in [0.15, 0.2) is 0 Å². The molecule has 2 rings (SSSR count). The number of nitro benzene ring substituents is 1. The Kier molecular flexibility index (Phi) is 7.99. The summed E-state index contributed by atoms with van der Waals surface area (Å²) in [4.78, 5) is 25.7. The first kappa shape index (κ1) is 20.7. The number of nitro groups is 1. The van der Waals surface area contributed by atoms with E-state index in [9.17, 15) is 14.9 Å². The summed E-state index contributed by atoms with van der Waals surface area (Å²) in [5, 5.41) is 10.4. The van der Waals surface area contributed by atoms with Gasteiger partial charge in [0.1, 0.15) is 0 Å². The van der Waals surface area contributed by atoms with Crippen LogP contribution in [0.1, 0.15) is 33.1 Å². The van der Waals surface area contributed by atoms with Gasteiger partial charge in [-0.25, -0.2) is 0 Å². The van der Waals surface area contributed by atoms with Gasteiger partial charge in [-0.3, -0.25) is 14.9 Å². The summed E-state index contributed by atoms with van der Waals surface area (Å²) in [6.45, 7) is 4.59. The number of halogens is 1. The number of piperidine rings is 1. The number of hydrogen-bond acceptors (Lipinski definition) is 5. The number of thioether (sulfide) groups is 1. The second-order valence-corrected chi connectivity index (χ2v) is 7.38. The highest BCUT2D eigenvalue weighted by Crippen LogP contribution is 2.28. The van der Waals surface area contributed by atoms with E-state index in [1.807, 2.05) is 18.7 Å². The molecular weight excluding hydrogens is 350 g/mol. The summed E-state index contributed by atoms with van der Waals surface area (Å²) >= 11 is 1.42. The molecule has 1 amide bonds. The van der Waals surface area contributed by atoms with Crippen molar-refractivity contribution >= 4 is 35.8 Å². The number of hydrogen-bond donors (Lipinski definition) is 1. The third-order valence-corrected chi connectivity index (χ3v) is 5.25. The molecule has 0 spiro atoms. The summed E-state index contributed by atoms with van der Waals surface area (Å²) in [5.74, 6) is 0.0929. The molecule has 0 aliphatic carbocycles. The topological polar surface area (TPSA) is 89.5 Å². The molecule has 1 heterocycles. The van der Waals surface area contributed by atoms with E-state index in [-0.39, 0.29) is 41.3 Å². The quantitative estimate of drug-likeness (QED) is 0.486. The Morgan fingerprint density at radius 3 is 2.50 bits per heavy atom. The zero-order chi connectivity index (χ0) is 17.0. The minimum absolute atomic E-state index is 0. The number of carbonyl (C=O) groups excluding carboxylic acids is 1. The molecule has 134 valence electrons. The van der Waals surface area contributed by atoms with Crippen molar-refractivity contribution in [1.29, 1.82) is 0 Å². The first-order valence-corrected chi connectivity index (χ1v) is 8.75. The predicted octanol–water partition coefficient (Wildman–Crippen LogP) is 3.23. The van der Waals surface area contributed by atoms with Gasteiger partial charge in [-0.05, 0) is 45.2 Å². The maximum absolute atomic E-state index is 12.7. The van der Waals surface area contributed by atoms with Gasteiger partial charge in [-0.15, -0.1) is 24.2 Å². The number of benzene rings is 1. The minimum Gasteiger partial charge on any atom is -0.337 e. The average Bonchev–Trinajstić information content (AvgIpc) is 2.54. The number of rotatable bonds is 5. The second-order valence-electron chi connectivity index (χ2n) is 5.96. The van der Waals surface area contributed by atoms with Gasteiger partial charge in [0.05, 0.1) is 10.2 Å². The first-order valence-electron chi connectivity index (χ1n) is 7.87. The van der Waals surface area contributed by atoms with E-state index in [0.29, 0.717) is 0 Å². The Balaban J connectivity index is 0.00000288. The lowest BCUT2D eigenvalue weighted by Crippen LogP contribution is -2.53. The van der Waals surface area contributed by atoms with Crippen LogP contribution in [-0.4, -0.2) is 39.6 Å². The average molecular weight is 374 g/mol. The van der Waals surface area contributed by atoms with E-state index in [4.69, 9.17) is 5.73 Å². The van der Waals surface area contributed by atoms with Crippen LogP contribution >= 0.6 is 24.2 Å². The maximum Gasteiger partial charge on any atom is 0.269 e. The molecule has 2 N–H and O–H groups in total. The fraction of sp³-hybridized carbons (Fsp3) is 0.562. The van der Waals surface area contributed by atoms with E-state index in [1.165, 1.54) is 23.9 Å². The SMILES string of the molecule is CC(Sc1ccc([N+](=O)[O-])cc1)C(=O)N1CCCCC1C(C)N.Cl. The molecule has 8 heteroatoms. The molecule has 1 fully saturated rings. The van der Waals surface area contributed by atoms with Crippen molar-refractivity contribution < 1.29 is 9.72 Å². The molecule has 1 aliphatic heterocycles. The zero-order valence-corrected chi connectivity index (χ0v) is 15.5. The summed E-state index contributed by atoms with van der Waals surface area (Å²) in [5.41, 5.74) is 6.09. The second kappa shape index (κ2) is 9.25. The van der Waals surface area contributed by atoms with Gasteiger partial charge in [0.25, 0.3) is 5.69 Å². The smallest absolute Gasteiger partial charge is 0.269 e. The summed E-state index contributed by atoms with van der Waals surface area (Å²) in [6, 6.07) is 6.38. The third kappa shape index (κ3) is 5.09. The van der Waals surface area contributed by atoms with E-state index >= 15 is 0 Å². The van der Waals surface area contributed by atoms with Crippen molar-refractivity contribution in [1.82, 2.24) is 4.90 Å². The van der Waals surface area contributed by atoms with Crippen LogP contribution < -0.4 is 5.73 Å². The Morgan fingerprint density at radius 2 is 1.96 bits per heavy atom. The van der Waals surface area contributed by atoms with Crippen LogP contribution in [0, 0.1) is 10.1 Å². The molecule has 24 heavy (non-hydrogen) atoms. The van der Waals surface area contributed by atoms with Crippen LogP contribution in [-0.2, 0) is 4.79 Å². The fourth-order valence-corrected chi connectivity index (χ4v) is 3.85. The van der Waals surface area contributed by atoms with Gasteiger partial charge in [0, 0.05) is 35.7 Å². The van der Waals surface area contributed by atoms with E-state index in [0.717, 1.165) is 30.7 Å². The van der Waals surface area contributed by atoms with Gasteiger partial charge >= 0.3 is 0 Å². The Morgan fingerprint density at radius 1 is 1.33 bits per heavy atom. The van der Waals surface area contributed by atoms with Crippen molar-refractivity contribution in [3.05, 3.63) is 34.4 Å². The molecule has 0 saturated carbocycles. The zero-order valence-electron chi connectivity index (χ0n) is 13.9. The molecule has 1 aliphatic rings. The number of likely N-dealkylation sites (tertiary alicyclic amines) is 1. The molecule has 0 radical (unpaired) electrons. The van der Waals surface area contributed by atoms with Crippen molar-refractivity contribution in [3.63, 3.8) is 0 Å². The first-order chi connectivity index (χ1) is 10.9. The molecule has 6 nitrogen and oxygen atoms in total. The monoisotopic (exact) mass is 373 g/mol. The molecular formula is C16H24ClN3O3S. The predicted molar refractivity (Wildman–Crippen MR) is 98.7 cm³/mol. The van der Waals surface area contributed by atoms with Gasteiger partial charge < -0.3 is 10.6 Å². The lowest BCUT2D eigenvalue weighted by Gasteiger charge is -2.39. The van der Waals surface area contributed by atoms with Crippen LogP contribution in [0.2, 0.25) is 0 Å². The summed E-state index contributed by atoms with van der Waals surface area (Å²) in [6.07, 6.45) is 3.09. The van der Waals surface area contributed by atoms with Crippen LogP contribution in [0.25, 0.3) is 0 Å². The number of nitrogens with two attached hydrogens (primary N) is 1. The van der Waals surface area contributed by atoms with E-state index < -0.39 is 4.92 Å². The van der Waals surface area contributed by atoms with Gasteiger partial charge in [-0.1, -0.05) is 0 Å². The van der Waals surface area contributed by atoms with Crippen LogP contribution in [0.5, 0.6) is 0 Å². The van der Waals surface area contributed by atoms with Crippen molar-refractivity contribution in [2.75, 3.05) is 6.54 Å². The van der Waals surface area contributed by atoms with Crippen LogP contribution in [0.15, 0.2) is 29.2 Å². The largest absolute Gasteiger partial charge is 0.337 e. The molecule has 1 aromatic carbocycles. The van der Waals surface area contributed by atoms with Crippen molar-refractivity contribution in [2.45, 2.75) is 55.3 Å². The molecule has 1 aromatic rings. The van der Waals surface area contributed by atoms with Crippen molar-refractivity contribution in [2.24, 2.45) is 5.73 Å². The van der Waals surface area contributed by atoms with E-state index in [2.05, 4.69) is 0 Å². The fourth-order valence-electron chi connectivity index (χ4n) is 2.91. The highest BCUT2D eigenvalue weighted by molar-refractivity contribution is 8.00. The van der Waals surface area contributed by atoms with Crippen LogP contribution in [0.4, 0.5) is 5.69 Å². The highest BCUT2D eigenvalue weighted by atomic mass is 35.5. The summed E-state index contributed by atoms with van der Waals surface area (Å²) in [7, 11) is 0. The number of amides is 1. The normalized spacial score (nSPS) is 20.0. The lowest BCUT2D eigenvalue weighted by molar-refractivity contribution is -0.384. The Labute approximate surface area is 152 Å². The van der Waals surface area contributed by atoms with Gasteiger partial charge in [-0.2, -0.15) is 0 Å². The molecule has 0 bridgehead atoms. The Bertz CT molecular complexity index is 568. The molecule has 3 atom stereocenters. The number of nitrogens with zero attached hydrogens (tertiary/aromatic N) is 2.